The fraction of sp³-hybridized carbons (Fsp3) is 0.900. The minimum atomic E-state index is -1.44. The van der Waals surface area contributed by atoms with Crippen LogP contribution in [-0.2, 0) is 4.43 Å². The molecule has 0 heterocycles. The van der Waals surface area contributed by atoms with Gasteiger partial charge in [0.1, 0.15) is 5.40 Å². The minimum absolute atomic E-state index is 0.333. The molecule has 0 aromatic carbocycles. The third-order valence-electron chi connectivity index (χ3n) is 2.35. The van der Waals surface area contributed by atoms with E-state index in [1.54, 1.807) is 0 Å². The summed E-state index contributed by atoms with van der Waals surface area (Å²) in [6.45, 7) is 6.65. The van der Waals surface area contributed by atoms with Gasteiger partial charge in [0.2, 0.25) is 0 Å². The summed E-state index contributed by atoms with van der Waals surface area (Å²) in [6.07, 6.45) is 5.14. The summed E-state index contributed by atoms with van der Waals surface area (Å²) in [5, 5.41) is 11.3. The highest BCUT2D eigenvalue weighted by Gasteiger charge is 2.30. The van der Waals surface area contributed by atoms with Crippen LogP contribution in [0.25, 0.3) is 0 Å². The maximum atomic E-state index is 8.70. The van der Waals surface area contributed by atoms with Gasteiger partial charge in [-0.05, 0) is 44.2 Å². The summed E-state index contributed by atoms with van der Waals surface area (Å²) < 4.78 is 6.11. The van der Waals surface area contributed by atoms with E-state index in [-0.39, 0.29) is 0 Å². The third-order valence-corrected chi connectivity index (χ3v) is 4.31. The second-order valence-electron chi connectivity index (χ2n) is 4.80. The molecule has 0 radical (unpaired) electrons. The fourth-order valence-electron chi connectivity index (χ4n) is 1.85. The summed E-state index contributed by atoms with van der Waals surface area (Å²) in [5.74, 6) is 0. The first-order valence-corrected chi connectivity index (χ1v) is 9.54. The van der Waals surface area contributed by atoms with Crippen LogP contribution in [0, 0.1) is 10.7 Å². The molecule has 1 rings (SSSR count). The van der Waals surface area contributed by atoms with Crippen LogP contribution in [0.3, 0.4) is 0 Å². The second-order valence-corrected chi connectivity index (χ2v) is 10.3. The molecule has 0 aromatic rings. The van der Waals surface area contributed by atoms with E-state index in [4.69, 9.17) is 9.69 Å². The van der Waals surface area contributed by atoms with Gasteiger partial charge in [-0.1, -0.05) is 12.8 Å². The van der Waals surface area contributed by atoms with Crippen LogP contribution in [-0.4, -0.2) is 19.7 Å². The van der Waals surface area contributed by atoms with E-state index in [2.05, 4.69) is 25.0 Å². The normalized spacial score (nSPS) is 28.4. The van der Waals surface area contributed by atoms with Crippen LogP contribution in [0.1, 0.15) is 25.7 Å². The van der Waals surface area contributed by atoms with Gasteiger partial charge in [0, 0.05) is 5.25 Å². The standard InChI is InChI=1S/C10H19NOSSi/c1-14(2,3)12-9-6-4-5-7-10(9)13-8-11/h9-10H,4-7H2,1-3H3/t9-,10-/m0/s1. The van der Waals surface area contributed by atoms with Crippen molar-refractivity contribution in [1.29, 1.82) is 5.26 Å². The fourth-order valence-corrected chi connectivity index (χ4v) is 3.91. The predicted molar refractivity (Wildman–Crippen MR) is 63.7 cm³/mol. The molecule has 80 valence electrons. The van der Waals surface area contributed by atoms with Gasteiger partial charge in [-0.25, -0.2) is 0 Å². The minimum Gasteiger partial charge on any atom is -0.414 e. The average Bonchev–Trinajstić information content (AvgIpc) is 2.06. The van der Waals surface area contributed by atoms with E-state index in [1.165, 1.54) is 24.6 Å². The van der Waals surface area contributed by atoms with Crippen LogP contribution >= 0.6 is 11.8 Å². The lowest BCUT2D eigenvalue weighted by molar-refractivity contribution is 0.155. The van der Waals surface area contributed by atoms with Crippen molar-refractivity contribution < 1.29 is 4.43 Å². The zero-order chi connectivity index (χ0) is 10.6. The highest BCUT2D eigenvalue weighted by atomic mass is 32.2. The Morgan fingerprint density at radius 1 is 1.29 bits per heavy atom. The molecule has 2 atom stereocenters. The summed E-state index contributed by atoms with van der Waals surface area (Å²) in [6, 6.07) is 0. The van der Waals surface area contributed by atoms with E-state index in [1.807, 2.05) is 0 Å². The van der Waals surface area contributed by atoms with Crippen molar-refractivity contribution in [2.75, 3.05) is 0 Å². The number of rotatable bonds is 3. The molecule has 1 aliphatic carbocycles. The molecule has 1 saturated carbocycles. The van der Waals surface area contributed by atoms with Crippen molar-refractivity contribution in [2.45, 2.75) is 56.7 Å². The van der Waals surface area contributed by atoms with E-state index in [9.17, 15) is 0 Å². The summed E-state index contributed by atoms with van der Waals surface area (Å²) >= 11 is 1.40. The molecule has 2 nitrogen and oxygen atoms in total. The molecule has 0 aromatic heterocycles. The van der Waals surface area contributed by atoms with Gasteiger partial charge in [-0.2, -0.15) is 5.26 Å². The van der Waals surface area contributed by atoms with Gasteiger partial charge in [0.05, 0.1) is 6.10 Å². The second kappa shape index (κ2) is 5.20. The molecule has 4 heteroatoms. The number of thioether (sulfide) groups is 1. The molecule has 0 amide bonds. The highest BCUT2D eigenvalue weighted by molar-refractivity contribution is 8.04. The SMILES string of the molecule is C[Si](C)(C)O[C@H]1CCCC[C@@H]1SC#N. The molecule has 14 heavy (non-hydrogen) atoms. The van der Waals surface area contributed by atoms with Gasteiger partial charge in [0.25, 0.3) is 0 Å². The van der Waals surface area contributed by atoms with Gasteiger partial charge in [0.15, 0.2) is 8.32 Å². The molecule has 0 aliphatic heterocycles. The molecule has 0 saturated heterocycles. The number of nitriles is 1. The Morgan fingerprint density at radius 3 is 2.50 bits per heavy atom. The van der Waals surface area contributed by atoms with Gasteiger partial charge < -0.3 is 4.43 Å². The van der Waals surface area contributed by atoms with Crippen molar-refractivity contribution in [3.8, 4) is 5.40 Å². The lowest BCUT2D eigenvalue weighted by Gasteiger charge is -2.34. The third kappa shape index (κ3) is 4.03. The summed E-state index contributed by atoms with van der Waals surface area (Å²) in [5.41, 5.74) is 0. The number of thiocyanates is 1. The van der Waals surface area contributed by atoms with E-state index in [0.717, 1.165) is 12.8 Å². The van der Waals surface area contributed by atoms with Crippen LogP contribution in [0.4, 0.5) is 0 Å². The molecule has 1 aliphatic rings. The zero-order valence-corrected chi connectivity index (χ0v) is 11.1. The Bertz CT molecular complexity index is 221. The van der Waals surface area contributed by atoms with Gasteiger partial charge in [-0.15, -0.1) is 0 Å². The molecule has 0 spiro atoms. The van der Waals surface area contributed by atoms with Gasteiger partial charge in [-0.3, -0.25) is 0 Å². The van der Waals surface area contributed by atoms with Gasteiger partial charge >= 0.3 is 0 Å². The Labute approximate surface area is 92.2 Å². The molecule has 0 N–H and O–H groups in total. The average molecular weight is 229 g/mol. The Hall–Kier alpha value is 0.0169. The Morgan fingerprint density at radius 2 is 1.93 bits per heavy atom. The van der Waals surface area contributed by atoms with Crippen molar-refractivity contribution in [1.82, 2.24) is 0 Å². The summed E-state index contributed by atoms with van der Waals surface area (Å²) in [4.78, 5) is 0. The maximum Gasteiger partial charge on any atom is 0.184 e. The quantitative estimate of drug-likeness (QED) is 0.549. The lowest BCUT2D eigenvalue weighted by Crippen LogP contribution is -2.39. The molecule has 1 fully saturated rings. The Kier molecular flexibility index (Phi) is 4.49. The van der Waals surface area contributed by atoms with Crippen molar-refractivity contribution in [3.05, 3.63) is 0 Å². The van der Waals surface area contributed by atoms with Crippen LogP contribution in [0.15, 0.2) is 0 Å². The zero-order valence-electron chi connectivity index (χ0n) is 9.25. The van der Waals surface area contributed by atoms with Crippen LogP contribution < -0.4 is 0 Å². The predicted octanol–water partition coefficient (Wildman–Crippen LogP) is 3.36. The Balaban J connectivity index is 2.50. The first kappa shape index (κ1) is 12.1. The van der Waals surface area contributed by atoms with Crippen LogP contribution in [0.2, 0.25) is 19.6 Å². The highest BCUT2D eigenvalue weighted by Crippen LogP contribution is 2.31. The first-order chi connectivity index (χ1) is 6.53. The monoisotopic (exact) mass is 229 g/mol. The first-order valence-electron chi connectivity index (χ1n) is 5.25. The molecular formula is C10H19NOSSi. The van der Waals surface area contributed by atoms with Crippen LogP contribution in [0.5, 0.6) is 0 Å². The lowest BCUT2D eigenvalue weighted by atomic mass is 9.97. The summed E-state index contributed by atoms with van der Waals surface area (Å²) in [7, 11) is -1.44. The maximum absolute atomic E-state index is 8.70. The molecular weight excluding hydrogens is 210 g/mol. The molecule has 0 bridgehead atoms. The van der Waals surface area contributed by atoms with E-state index < -0.39 is 8.32 Å². The van der Waals surface area contributed by atoms with E-state index in [0.29, 0.717) is 11.4 Å². The smallest absolute Gasteiger partial charge is 0.184 e. The van der Waals surface area contributed by atoms with Crippen molar-refractivity contribution >= 4 is 20.1 Å². The number of hydrogen-bond donors (Lipinski definition) is 0. The topological polar surface area (TPSA) is 33.0 Å². The van der Waals surface area contributed by atoms with E-state index >= 15 is 0 Å². The number of hydrogen-bond acceptors (Lipinski definition) is 3. The largest absolute Gasteiger partial charge is 0.414 e. The van der Waals surface area contributed by atoms with Crippen molar-refractivity contribution in [2.24, 2.45) is 0 Å². The number of nitrogens with zero attached hydrogens (tertiary/aromatic N) is 1. The molecule has 0 unspecified atom stereocenters. The van der Waals surface area contributed by atoms with Crippen molar-refractivity contribution in [3.63, 3.8) is 0 Å².